The minimum absolute atomic E-state index is 0.336. The predicted molar refractivity (Wildman–Crippen MR) is 79.2 cm³/mol. The van der Waals surface area contributed by atoms with Crippen LogP contribution in [0.5, 0.6) is 0 Å². The summed E-state index contributed by atoms with van der Waals surface area (Å²) in [6, 6.07) is 12.9. The number of hydrogen-bond donors (Lipinski definition) is 1. The van der Waals surface area contributed by atoms with Crippen LogP contribution in [-0.2, 0) is 5.75 Å². The second-order valence-electron chi connectivity index (χ2n) is 4.18. The van der Waals surface area contributed by atoms with Gasteiger partial charge >= 0.3 is 5.97 Å². The van der Waals surface area contributed by atoms with Crippen molar-refractivity contribution in [1.82, 2.24) is 0 Å². The first-order chi connectivity index (χ1) is 9.08. The molecule has 0 fully saturated rings. The number of carboxylic acid groups (broad SMARTS) is 1. The van der Waals surface area contributed by atoms with Crippen molar-refractivity contribution < 1.29 is 9.90 Å². The molecule has 0 aromatic heterocycles. The molecule has 2 nitrogen and oxygen atoms in total. The predicted octanol–water partition coefficient (Wildman–Crippen LogP) is 4.64. The molecule has 0 aliphatic rings. The van der Waals surface area contributed by atoms with E-state index in [1.54, 1.807) is 6.07 Å². The Bertz CT molecular complexity index is 611. The van der Waals surface area contributed by atoms with E-state index in [-0.39, 0.29) is 0 Å². The normalized spacial score (nSPS) is 10.4. The van der Waals surface area contributed by atoms with Gasteiger partial charge < -0.3 is 5.11 Å². The standard InChI is InChI=1S/C15H13ClO2S/c1-10-6-7-12(15(17)18)14(8-10)19-9-11-4-2-3-5-13(11)16/h2-8H,9H2,1H3,(H,17,18). The Balaban J connectivity index is 2.22. The van der Waals surface area contributed by atoms with Gasteiger partial charge in [0.25, 0.3) is 0 Å². The molecule has 0 saturated heterocycles. The number of hydrogen-bond acceptors (Lipinski definition) is 2. The van der Waals surface area contributed by atoms with E-state index in [9.17, 15) is 4.79 Å². The lowest BCUT2D eigenvalue weighted by Gasteiger charge is -2.08. The van der Waals surface area contributed by atoms with Gasteiger partial charge in [-0.05, 0) is 36.2 Å². The third kappa shape index (κ3) is 3.52. The van der Waals surface area contributed by atoms with E-state index in [0.717, 1.165) is 16.0 Å². The molecule has 0 aliphatic heterocycles. The van der Waals surface area contributed by atoms with Crippen molar-refractivity contribution >= 4 is 29.3 Å². The fraction of sp³-hybridized carbons (Fsp3) is 0.133. The fourth-order valence-electron chi connectivity index (χ4n) is 1.70. The van der Waals surface area contributed by atoms with Gasteiger partial charge in [0.05, 0.1) is 5.56 Å². The lowest BCUT2D eigenvalue weighted by molar-refractivity contribution is 0.0693. The summed E-state index contributed by atoms with van der Waals surface area (Å²) in [6.07, 6.45) is 0. The summed E-state index contributed by atoms with van der Waals surface area (Å²) in [5.74, 6) is -0.245. The molecule has 19 heavy (non-hydrogen) atoms. The van der Waals surface area contributed by atoms with Crippen molar-refractivity contribution in [2.24, 2.45) is 0 Å². The van der Waals surface area contributed by atoms with E-state index < -0.39 is 5.97 Å². The summed E-state index contributed by atoms with van der Waals surface area (Å²) in [5.41, 5.74) is 2.39. The van der Waals surface area contributed by atoms with Crippen LogP contribution in [0.15, 0.2) is 47.4 Å². The Labute approximate surface area is 121 Å². The summed E-state index contributed by atoms with van der Waals surface area (Å²) in [4.78, 5) is 11.9. The molecule has 0 bridgehead atoms. The second-order valence-corrected chi connectivity index (χ2v) is 5.61. The van der Waals surface area contributed by atoms with E-state index in [4.69, 9.17) is 16.7 Å². The molecule has 2 aromatic rings. The number of benzene rings is 2. The molecule has 2 rings (SSSR count). The summed E-state index contributed by atoms with van der Waals surface area (Å²) < 4.78 is 0. The second kappa shape index (κ2) is 6.13. The molecular weight excluding hydrogens is 280 g/mol. The number of carboxylic acids is 1. The van der Waals surface area contributed by atoms with Gasteiger partial charge in [0, 0.05) is 15.7 Å². The van der Waals surface area contributed by atoms with Gasteiger partial charge in [0.1, 0.15) is 0 Å². The largest absolute Gasteiger partial charge is 0.478 e. The third-order valence-electron chi connectivity index (χ3n) is 2.71. The van der Waals surface area contributed by atoms with Crippen molar-refractivity contribution in [2.75, 3.05) is 0 Å². The molecule has 2 aromatic carbocycles. The van der Waals surface area contributed by atoms with Crippen molar-refractivity contribution in [1.29, 1.82) is 0 Å². The van der Waals surface area contributed by atoms with Crippen LogP contribution < -0.4 is 0 Å². The Hall–Kier alpha value is -1.45. The zero-order valence-electron chi connectivity index (χ0n) is 10.4. The molecule has 0 unspecified atom stereocenters. The minimum atomic E-state index is -0.901. The average molecular weight is 293 g/mol. The molecule has 1 N–H and O–H groups in total. The van der Waals surface area contributed by atoms with Crippen molar-refractivity contribution in [3.63, 3.8) is 0 Å². The van der Waals surface area contributed by atoms with Gasteiger partial charge in [-0.1, -0.05) is 35.9 Å². The molecule has 98 valence electrons. The Morgan fingerprint density at radius 3 is 2.68 bits per heavy atom. The van der Waals surface area contributed by atoms with Crippen LogP contribution in [0.25, 0.3) is 0 Å². The number of carbonyl (C=O) groups is 1. The molecule has 0 heterocycles. The maximum Gasteiger partial charge on any atom is 0.336 e. The summed E-state index contributed by atoms with van der Waals surface area (Å²) in [5, 5.41) is 9.88. The maximum absolute atomic E-state index is 11.2. The number of aromatic carboxylic acids is 1. The van der Waals surface area contributed by atoms with Crippen LogP contribution in [-0.4, -0.2) is 11.1 Å². The molecule has 0 spiro atoms. The first kappa shape index (κ1) is 14.0. The van der Waals surface area contributed by atoms with E-state index in [2.05, 4.69) is 0 Å². The zero-order valence-corrected chi connectivity index (χ0v) is 12.0. The van der Waals surface area contributed by atoms with Gasteiger partial charge in [-0.15, -0.1) is 11.8 Å². The van der Waals surface area contributed by atoms with Crippen LogP contribution in [0.2, 0.25) is 5.02 Å². The van der Waals surface area contributed by atoms with Crippen LogP contribution in [0.3, 0.4) is 0 Å². The number of aryl methyl sites for hydroxylation is 1. The number of halogens is 1. The zero-order chi connectivity index (χ0) is 13.8. The van der Waals surface area contributed by atoms with Crippen molar-refractivity contribution in [2.45, 2.75) is 17.6 Å². The Morgan fingerprint density at radius 2 is 2.00 bits per heavy atom. The lowest BCUT2D eigenvalue weighted by atomic mass is 10.1. The van der Waals surface area contributed by atoms with Gasteiger partial charge in [0.2, 0.25) is 0 Å². The van der Waals surface area contributed by atoms with Crippen molar-refractivity contribution in [3.05, 3.63) is 64.2 Å². The summed E-state index contributed by atoms with van der Waals surface area (Å²) in [6.45, 7) is 1.95. The highest BCUT2D eigenvalue weighted by Gasteiger charge is 2.11. The quantitative estimate of drug-likeness (QED) is 0.834. The minimum Gasteiger partial charge on any atom is -0.478 e. The monoisotopic (exact) mass is 292 g/mol. The van der Waals surface area contributed by atoms with Gasteiger partial charge in [0.15, 0.2) is 0 Å². The first-order valence-electron chi connectivity index (χ1n) is 5.78. The topological polar surface area (TPSA) is 37.3 Å². The summed E-state index contributed by atoms with van der Waals surface area (Å²) >= 11 is 7.59. The Kier molecular flexibility index (Phi) is 4.51. The SMILES string of the molecule is Cc1ccc(C(=O)O)c(SCc2ccccc2Cl)c1. The first-order valence-corrected chi connectivity index (χ1v) is 7.14. The van der Waals surface area contributed by atoms with Crippen molar-refractivity contribution in [3.8, 4) is 0 Å². The molecule has 0 amide bonds. The van der Waals surface area contributed by atoms with E-state index >= 15 is 0 Å². The van der Waals surface area contributed by atoms with Crippen LogP contribution in [0.1, 0.15) is 21.5 Å². The smallest absolute Gasteiger partial charge is 0.336 e. The van der Waals surface area contributed by atoms with Crippen LogP contribution in [0, 0.1) is 6.92 Å². The highest BCUT2D eigenvalue weighted by Crippen LogP contribution is 2.29. The number of thioether (sulfide) groups is 1. The fourth-order valence-corrected chi connectivity index (χ4v) is 3.12. The maximum atomic E-state index is 11.2. The van der Waals surface area contributed by atoms with Gasteiger partial charge in [-0.3, -0.25) is 0 Å². The van der Waals surface area contributed by atoms with E-state index in [1.807, 2.05) is 43.3 Å². The molecule has 4 heteroatoms. The average Bonchev–Trinajstić information content (AvgIpc) is 2.37. The van der Waals surface area contributed by atoms with Crippen LogP contribution >= 0.6 is 23.4 Å². The number of rotatable bonds is 4. The van der Waals surface area contributed by atoms with E-state index in [0.29, 0.717) is 16.3 Å². The molecule has 0 atom stereocenters. The molecule has 0 aliphatic carbocycles. The van der Waals surface area contributed by atoms with Crippen LogP contribution in [0.4, 0.5) is 0 Å². The summed E-state index contributed by atoms with van der Waals surface area (Å²) in [7, 11) is 0. The molecule has 0 saturated carbocycles. The highest BCUT2D eigenvalue weighted by molar-refractivity contribution is 7.98. The third-order valence-corrected chi connectivity index (χ3v) is 4.18. The Morgan fingerprint density at radius 1 is 1.26 bits per heavy atom. The van der Waals surface area contributed by atoms with Gasteiger partial charge in [-0.25, -0.2) is 4.79 Å². The van der Waals surface area contributed by atoms with E-state index in [1.165, 1.54) is 11.8 Å². The molecular formula is C15H13ClO2S. The lowest BCUT2D eigenvalue weighted by Crippen LogP contribution is -1.99. The van der Waals surface area contributed by atoms with Gasteiger partial charge in [-0.2, -0.15) is 0 Å². The molecule has 0 radical (unpaired) electrons. The highest BCUT2D eigenvalue weighted by atomic mass is 35.5.